The Labute approximate surface area is 162 Å². The van der Waals surface area contributed by atoms with Gasteiger partial charge in [-0.3, -0.25) is 14.5 Å². The zero-order chi connectivity index (χ0) is 18.7. The number of carbonyl (C=O) groups is 2. The summed E-state index contributed by atoms with van der Waals surface area (Å²) in [4.78, 5) is 34.8. The molecule has 0 saturated carbocycles. The minimum absolute atomic E-state index is 0.0219. The third-order valence-corrected chi connectivity index (χ3v) is 5.65. The van der Waals surface area contributed by atoms with Gasteiger partial charge in [0, 0.05) is 30.2 Å². The van der Waals surface area contributed by atoms with Crippen LogP contribution < -0.4 is 5.32 Å². The highest BCUT2D eigenvalue weighted by Gasteiger charge is 2.38. The second-order valence-electron chi connectivity index (χ2n) is 5.28. The van der Waals surface area contributed by atoms with Crippen molar-refractivity contribution < 1.29 is 14.0 Å². The number of rotatable bonds is 5. The fourth-order valence-corrected chi connectivity index (χ4v) is 4.27. The van der Waals surface area contributed by atoms with E-state index in [1.54, 1.807) is 16.5 Å². The molecule has 0 bridgehead atoms. The number of thioether (sulfide) groups is 1. The van der Waals surface area contributed by atoms with Crippen molar-refractivity contribution in [1.29, 1.82) is 0 Å². The van der Waals surface area contributed by atoms with E-state index >= 15 is 0 Å². The summed E-state index contributed by atoms with van der Waals surface area (Å²) in [7, 11) is 0. The van der Waals surface area contributed by atoms with Gasteiger partial charge >= 0.3 is 0 Å². The van der Waals surface area contributed by atoms with Crippen LogP contribution in [0.5, 0.6) is 0 Å². The Hall–Kier alpha value is -1.97. The lowest BCUT2D eigenvalue weighted by Crippen LogP contribution is -2.33. The highest BCUT2D eigenvalue weighted by molar-refractivity contribution is 8.15. The summed E-state index contributed by atoms with van der Waals surface area (Å²) in [5.41, 5.74) is 0.376. The maximum atomic E-state index is 13.2. The van der Waals surface area contributed by atoms with Gasteiger partial charge < -0.3 is 5.32 Å². The number of amidine groups is 1. The van der Waals surface area contributed by atoms with Crippen LogP contribution in [-0.2, 0) is 9.59 Å². The molecular formula is C16H14ClFN4O2S2. The molecule has 1 aliphatic rings. The summed E-state index contributed by atoms with van der Waals surface area (Å²) in [5, 5.41) is 4.88. The lowest BCUT2D eigenvalue weighted by Gasteiger charge is -2.12. The second kappa shape index (κ2) is 8.15. The molecule has 2 aromatic rings. The molecule has 2 amide bonds. The standard InChI is InChI=1S/C16H14ClFN4O2S2/c1-2-22-14(24)12(26-16(22)21-15-19-5-6-25-15)8-13(23)20-9-3-4-11(18)10(17)7-9/h3-7,12H,2,8H2,1H3,(H,20,23). The van der Waals surface area contributed by atoms with Crippen LogP contribution in [0.1, 0.15) is 13.3 Å². The van der Waals surface area contributed by atoms with Crippen molar-refractivity contribution in [3.05, 3.63) is 40.6 Å². The monoisotopic (exact) mass is 412 g/mol. The number of halogens is 2. The summed E-state index contributed by atoms with van der Waals surface area (Å²) >= 11 is 8.31. The molecule has 0 aliphatic carbocycles. The predicted molar refractivity (Wildman–Crippen MR) is 103 cm³/mol. The van der Waals surface area contributed by atoms with Gasteiger partial charge in [0.05, 0.1) is 5.02 Å². The van der Waals surface area contributed by atoms with Crippen molar-refractivity contribution in [2.24, 2.45) is 4.99 Å². The molecule has 0 radical (unpaired) electrons. The number of aliphatic imine (C=N–C) groups is 1. The summed E-state index contributed by atoms with van der Waals surface area (Å²) in [6, 6.07) is 3.91. The van der Waals surface area contributed by atoms with Gasteiger partial charge in [0.25, 0.3) is 0 Å². The van der Waals surface area contributed by atoms with E-state index in [1.807, 2.05) is 6.92 Å². The highest BCUT2D eigenvalue weighted by atomic mass is 35.5. The van der Waals surface area contributed by atoms with Crippen LogP contribution in [0.2, 0.25) is 5.02 Å². The lowest BCUT2D eigenvalue weighted by atomic mass is 10.2. The SMILES string of the molecule is CCN1C(=O)C(CC(=O)Nc2ccc(F)c(Cl)c2)SC1=Nc1nccs1. The first-order chi connectivity index (χ1) is 12.5. The number of benzene rings is 1. The molecule has 1 aromatic heterocycles. The molecule has 1 aliphatic heterocycles. The molecule has 136 valence electrons. The lowest BCUT2D eigenvalue weighted by molar-refractivity contribution is -0.128. The first-order valence-corrected chi connectivity index (χ1v) is 9.82. The third-order valence-electron chi connectivity index (χ3n) is 3.52. The normalized spacial score (nSPS) is 18.6. The molecule has 0 spiro atoms. The van der Waals surface area contributed by atoms with E-state index in [1.165, 1.54) is 41.3 Å². The van der Waals surface area contributed by atoms with Gasteiger partial charge in [-0.05, 0) is 25.1 Å². The van der Waals surface area contributed by atoms with E-state index in [4.69, 9.17) is 11.6 Å². The Morgan fingerprint density at radius 2 is 2.31 bits per heavy atom. The summed E-state index contributed by atoms with van der Waals surface area (Å²) < 4.78 is 13.2. The van der Waals surface area contributed by atoms with Crippen molar-refractivity contribution in [2.45, 2.75) is 18.6 Å². The number of thiazole rings is 1. The minimum Gasteiger partial charge on any atom is -0.326 e. The van der Waals surface area contributed by atoms with Gasteiger partial charge in [0.1, 0.15) is 11.1 Å². The van der Waals surface area contributed by atoms with Gasteiger partial charge in [-0.25, -0.2) is 9.37 Å². The highest BCUT2D eigenvalue weighted by Crippen LogP contribution is 2.32. The molecule has 1 N–H and O–H groups in total. The number of nitrogens with one attached hydrogen (secondary N) is 1. The van der Waals surface area contributed by atoms with Crippen LogP contribution in [0.3, 0.4) is 0 Å². The van der Waals surface area contributed by atoms with E-state index in [0.29, 0.717) is 22.5 Å². The van der Waals surface area contributed by atoms with Gasteiger partial charge in [-0.15, -0.1) is 11.3 Å². The number of aromatic nitrogens is 1. The van der Waals surface area contributed by atoms with Crippen LogP contribution in [0, 0.1) is 5.82 Å². The molecular weight excluding hydrogens is 399 g/mol. The van der Waals surface area contributed by atoms with Crippen LogP contribution in [0.25, 0.3) is 0 Å². The van der Waals surface area contributed by atoms with Gasteiger partial charge in [-0.2, -0.15) is 4.99 Å². The summed E-state index contributed by atoms with van der Waals surface area (Å²) in [6.45, 7) is 2.31. The molecule has 1 aromatic carbocycles. The Kier molecular flexibility index (Phi) is 5.90. The Bertz CT molecular complexity index is 860. The zero-order valence-corrected chi connectivity index (χ0v) is 16.0. The van der Waals surface area contributed by atoms with Crippen molar-refractivity contribution >= 4 is 62.5 Å². The number of hydrogen-bond donors (Lipinski definition) is 1. The van der Waals surface area contributed by atoms with Crippen LogP contribution >= 0.6 is 34.7 Å². The number of nitrogens with zero attached hydrogens (tertiary/aromatic N) is 3. The Morgan fingerprint density at radius 1 is 1.50 bits per heavy atom. The summed E-state index contributed by atoms with van der Waals surface area (Å²) in [6.07, 6.45) is 1.62. The van der Waals surface area contributed by atoms with E-state index < -0.39 is 11.1 Å². The minimum atomic E-state index is -0.565. The average molecular weight is 413 g/mol. The molecule has 1 saturated heterocycles. The maximum Gasteiger partial charge on any atom is 0.242 e. The van der Waals surface area contributed by atoms with E-state index in [0.717, 1.165) is 0 Å². The van der Waals surface area contributed by atoms with Crippen LogP contribution in [0.4, 0.5) is 15.2 Å². The molecule has 1 fully saturated rings. The molecule has 6 nitrogen and oxygen atoms in total. The third kappa shape index (κ3) is 4.22. The largest absolute Gasteiger partial charge is 0.326 e. The zero-order valence-electron chi connectivity index (χ0n) is 13.6. The predicted octanol–water partition coefficient (Wildman–Crippen LogP) is 3.92. The van der Waals surface area contributed by atoms with Gasteiger partial charge in [0.15, 0.2) is 5.17 Å². The first kappa shape index (κ1) is 18.8. The van der Waals surface area contributed by atoms with Crippen molar-refractivity contribution in [1.82, 2.24) is 9.88 Å². The number of anilines is 1. The number of hydrogen-bond acceptors (Lipinski definition) is 6. The van der Waals surface area contributed by atoms with Gasteiger partial charge in [0.2, 0.25) is 16.9 Å². The molecule has 1 atom stereocenters. The molecule has 10 heteroatoms. The second-order valence-corrected chi connectivity index (χ2v) is 7.73. The average Bonchev–Trinajstić information content (AvgIpc) is 3.20. The van der Waals surface area contributed by atoms with Crippen molar-refractivity contribution in [3.63, 3.8) is 0 Å². The topological polar surface area (TPSA) is 74.7 Å². The van der Waals surface area contributed by atoms with E-state index in [9.17, 15) is 14.0 Å². The fourth-order valence-electron chi connectivity index (χ4n) is 2.32. The number of carbonyl (C=O) groups excluding carboxylic acids is 2. The van der Waals surface area contributed by atoms with Crippen molar-refractivity contribution in [2.75, 3.05) is 11.9 Å². The number of amides is 2. The maximum absolute atomic E-state index is 13.2. The molecule has 26 heavy (non-hydrogen) atoms. The van der Waals surface area contributed by atoms with Crippen molar-refractivity contribution in [3.8, 4) is 0 Å². The van der Waals surface area contributed by atoms with E-state index in [2.05, 4.69) is 15.3 Å². The molecule has 2 heterocycles. The summed E-state index contributed by atoms with van der Waals surface area (Å²) in [5.74, 6) is -1.09. The van der Waals surface area contributed by atoms with E-state index in [-0.39, 0.29) is 23.3 Å². The Balaban J connectivity index is 1.68. The quantitative estimate of drug-likeness (QED) is 0.807. The molecule has 3 rings (SSSR count). The Morgan fingerprint density at radius 3 is 2.96 bits per heavy atom. The fraction of sp³-hybridized carbons (Fsp3) is 0.250. The first-order valence-electron chi connectivity index (χ1n) is 7.69. The smallest absolute Gasteiger partial charge is 0.242 e. The van der Waals surface area contributed by atoms with Crippen LogP contribution in [0.15, 0.2) is 34.8 Å². The van der Waals surface area contributed by atoms with Crippen LogP contribution in [-0.4, -0.2) is 38.7 Å². The molecule has 1 unspecified atom stereocenters. The van der Waals surface area contributed by atoms with Gasteiger partial charge in [-0.1, -0.05) is 23.4 Å².